The largest absolute Gasteiger partial charge is 0.393 e. The van der Waals surface area contributed by atoms with Crippen molar-refractivity contribution in [2.75, 3.05) is 26.4 Å². The van der Waals surface area contributed by atoms with Crippen LogP contribution in [-0.4, -0.2) is 53.3 Å². The molecule has 0 aromatic carbocycles. The molecule has 0 N–H and O–H groups in total. The zero-order valence-corrected chi connectivity index (χ0v) is 44.7. The molecule has 0 bridgehead atoms. The zero-order chi connectivity index (χ0) is 41.8. The van der Waals surface area contributed by atoms with Crippen molar-refractivity contribution >= 4 is 58.4 Å². The second-order valence-electron chi connectivity index (χ2n) is 18.0. The van der Waals surface area contributed by atoms with Crippen LogP contribution in [0.1, 0.15) is 260 Å². The van der Waals surface area contributed by atoms with Crippen LogP contribution in [0.15, 0.2) is 0 Å². The van der Waals surface area contributed by atoms with E-state index in [1.54, 1.807) is 0 Å². The quantitative estimate of drug-likeness (QED) is 0.0340. The molecule has 0 spiro atoms. The van der Waals surface area contributed by atoms with Crippen LogP contribution in [0.5, 0.6) is 0 Å². The van der Waals surface area contributed by atoms with Crippen molar-refractivity contribution in [2.45, 2.75) is 281 Å². The van der Waals surface area contributed by atoms with E-state index in [4.69, 9.17) is 17.7 Å². The van der Waals surface area contributed by atoms with Gasteiger partial charge in [0.05, 0.1) is 9.75 Å². The SMILES string of the molecule is CCCCCCCCO[Si](OCCCCCCCC)(C1CCCC1)C(CC)SSSSC(CC)[Si](OCCCCCCCC)(OCCCCCCCC)C1CCCC1. The summed E-state index contributed by atoms with van der Waals surface area (Å²) >= 11 is 0. The van der Waals surface area contributed by atoms with Gasteiger partial charge in [-0.2, -0.15) is 0 Å². The Morgan fingerprint density at radius 2 is 0.603 bits per heavy atom. The lowest BCUT2D eigenvalue weighted by atomic mass is 10.1. The number of hydrogen-bond acceptors (Lipinski definition) is 8. The lowest BCUT2D eigenvalue weighted by molar-refractivity contribution is 0.149. The molecule has 0 aromatic rings. The van der Waals surface area contributed by atoms with E-state index in [1.807, 2.05) is 19.7 Å². The van der Waals surface area contributed by atoms with Crippen molar-refractivity contribution in [1.29, 1.82) is 0 Å². The summed E-state index contributed by atoms with van der Waals surface area (Å²) in [7, 11) is 3.38. The fourth-order valence-electron chi connectivity index (χ4n) is 9.53. The third kappa shape index (κ3) is 22.5. The van der Waals surface area contributed by atoms with Gasteiger partial charge in [0.1, 0.15) is 0 Å². The normalized spacial score (nSPS) is 16.9. The van der Waals surface area contributed by atoms with Crippen molar-refractivity contribution in [1.82, 2.24) is 0 Å². The molecule has 0 saturated heterocycles. The standard InChI is InChI=1S/C48H98O4S4Si2/c1-7-13-17-21-25-33-41-49-57(45-37-29-30-38-45,50-42-34-26-22-18-14-8-2)47(11-5)53-55-56-54-48(12-6)58(46-39-31-32-40-46,51-43-35-27-23-19-15-9-3)52-44-36-28-24-20-16-10-4/h45-48H,7-44H2,1-6H3. The summed E-state index contributed by atoms with van der Waals surface area (Å²) in [5.41, 5.74) is 1.28. The second kappa shape index (κ2) is 38.0. The molecule has 2 unspecified atom stereocenters. The Hall–Kier alpha value is 1.67. The van der Waals surface area contributed by atoms with Crippen molar-refractivity contribution < 1.29 is 17.7 Å². The van der Waals surface area contributed by atoms with E-state index in [-0.39, 0.29) is 0 Å². The van der Waals surface area contributed by atoms with Gasteiger partial charge in [-0.1, -0.05) is 217 Å². The van der Waals surface area contributed by atoms with Crippen molar-refractivity contribution in [3.8, 4) is 0 Å². The van der Waals surface area contributed by atoms with E-state index >= 15 is 0 Å². The number of rotatable bonds is 43. The minimum atomic E-state index is -2.48. The van der Waals surface area contributed by atoms with Crippen molar-refractivity contribution in [3.63, 3.8) is 0 Å². The average Bonchev–Trinajstić information content (AvgIpc) is 4.00. The molecule has 2 saturated carbocycles. The van der Waals surface area contributed by atoms with E-state index in [1.165, 1.54) is 205 Å². The Balaban J connectivity index is 2.19. The summed E-state index contributed by atoms with van der Waals surface area (Å²) in [5, 5.41) is 0. The predicted molar refractivity (Wildman–Crippen MR) is 272 cm³/mol. The molecule has 0 radical (unpaired) electrons. The molecule has 346 valence electrons. The van der Waals surface area contributed by atoms with Crippen LogP contribution in [0.4, 0.5) is 0 Å². The molecule has 2 fully saturated rings. The van der Waals surface area contributed by atoms with E-state index in [0.29, 0.717) is 20.8 Å². The lowest BCUT2D eigenvalue weighted by Crippen LogP contribution is -2.55. The highest BCUT2D eigenvalue weighted by atomic mass is 33.7. The summed E-state index contributed by atoms with van der Waals surface area (Å²) in [6.45, 7) is 17.7. The van der Waals surface area contributed by atoms with E-state index in [0.717, 1.165) is 39.3 Å². The van der Waals surface area contributed by atoms with Crippen LogP contribution in [-0.2, 0) is 17.7 Å². The van der Waals surface area contributed by atoms with Crippen LogP contribution >= 0.6 is 41.2 Å². The van der Waals surface area contributed by atoms with Crippen LogP contribution in [0, 0.1) is 0 Å². The van der Waals surface area contributed by atoms with Crippen LogP contribution in [0.3, 0.4) is 0 Å². The molecule has 58 heavy (non-hydrogen) atoms. The highest BCUT2D eigenvalue weighted by Crippen LogP contribution is 2.56. The smallest absolute Gasteiger partial charge is 0.355 e. The lowest BCUT2D eigenvalue weighted by Gasteiger charge is -2.41. The van der Waals surface area contributed by atoms with Gasteiger partial charge in [0, 0.05) is 37.5 Å². The maximum absolute atomic E-state index is 7.34. The number of unbranched alkanes of at least 4 members (excludes halogenated alkanes) is 20. The van der Waals surface area contributed by atoms with Crippen LogP contribution in [0.2, 0.25) is 11.1 Å². The molecule has 10 heteroatoms. The van der Waals surface area contributed by atoms with Gasteiger partial charge in [-0.05, 0) is 83.9 Å². The minimum absolute atomic E-state index is 0.457. The monoisotopic (exact) mass is 923 g/mol. The Labute approximate surface area is 380 Å². The summed E-state index contributed by atoms with van der Waals surface area (Å²) in [5.74, 6) is 0. The van der Waals surface area contributed by atoms with Gasteiger partial charge < -0.3 is 17.7 Å². The minimum Gasteiger partial charge on any atom is -0.393 e. The second-order valence-corrected chi connectivity index (χ2v) is 32.1. The molecule has 2 rings (SSSR count). The molecule has 2 aliphatic carbocycles. The fourth-order valence-corrected chi connectivity index (χ4v) is 31.6. The third-order valence-electron chi connectivity index (χ3n) is 13.1. The summed E-state index contributed by atoms with van der Waals surface area (Å²) in [4.78, 5) is 0.914. The number of hydrogen-bond donors (Lipinski definition) is 0. The van der Waals surface area contributed by atoms with Crippen molar-refractivity contribution in [2.24, 2.45) is 0 Å². The van der Waals surface area contributed by atoms with Crippen LogP contribution in [0.25, 0.3) is 0 Å². The first-order valence-electron chi connectivity index (χ1n) is 25.8. The highest BCUT2D eigenvalue weighted by Gasteiger charge is 2.55. The Kier molecular flexibility index (Phi) is 36.6. The first kappa shape index (κ1) is 55.8. The molecular formula is C48H98O4S4Si2. The third-order valence-corrected chi connectivity index (χ3v) is 32.3. The van der Waals surface area contributed by atoms with E-state index in [9.17, 15) is 0 Å². The highest BCUT2D eigenvalue weighted by molar-refractivity contribution is 9.26. The molecule has 0 heterocycles. The van der Waals surface area contributed by atoms with E-state index in [2.05, 4.69) is 63.1 Å². The first-order valence-corrected chi connectivity index (χ1v) is 34.7. The topological polar surface area (TPSA) is 36.9 Å². The summed E-state index contributed by atoms with van der Waals surface area (Å²) in [6.07, 6.45) is 44.4. The van der Waals surface area contributed by atoms with Gasteiger partial charge in [0.25, 0.3) is 0 Å². The average molecular weight is 924 g/mol. The van der Waals surface area contributed by atoms with Gasteiger partial charge in [-0.15, -0.1) is 0 Å². The van der Waals surface area contributed by atoms with Gasteiger partial charge in [0.15, 0.2) is 0 Å². The molecule has 2 aliphatic rings. The Morgan fingerprint density at radius 1 is 0.362 bits per heavy atom. The van der Waals surface area contributed by atoms with Crippen LogP contribution < -0.4 is 0 Å². The molecule has 4 nitrogen and oxygen atoms in total. The van der Waals surface area contributed by atoms with Crippen molar-refractivity contribution in [3.05, 3.63) is 0 Å². The first-order chi connectivity index (χ1) is 28.6. The maximum atomic E-state index is 7.34. The summed E-state index contributed by atoms with van der Waals surface area (Å²) < 4.78 is 29.4. The van der Waals surface area contributed by atoms with Gasteiger partial charge in [-0.25, -0.2) is 0 Å². The molecule has 0 aromatic heterocycles. The molecule has 2 atom stereocenters. The Bertz CT molecular complexity index is 790. The zero-order valence-electron chi connectivity index (χ0n) is 39.4. The predicted octanol–water partition coefficient (Wildman–Crippen LogP) is 18.6. The fraction of sp³-hybridized carbons (Fsp3) is 1.00. The van der Waals surface area contributed by atoms with Gasteiger partial charge in [0.2, 0.25) is 0 Å². The summed E-state index contributed by atoms with van der Waals surface area (Å²) in [6, 6.07) is 0. The van der Waals surface area contributed by atoms with Gasteiger partial charge in [-0.3, -0.25) is 0 Å². The molecular weight excluding hydrogens is 825 g/mol. The van der Waals surface area contributed by atoms with E-state index < -0.39 is 17.1 Å². The Morgan fingerprint density at radius 3 is 0.845 bits per heavy atom. The molecule has 0 amide bonds. The van der Waals surface area contributed by atoms with Gasteiger partial charge >= 0.3 is 17.1 Å². The maximum Gasteiger partial charge on any atom is 0.355 e. The molecule has 0 aliphatic heterocycles.